The monoisotopic (exact) mass is 359 g/mol. The Morgan fingerprint density at radius 1 is 1.16 bits per heavy atom. The van der Waals surface area contributed by atoms with Gasteiger partial charge in [-0.2, -0.15) is 5.10 Å². The van der Waals surface area contributed by atoms with Crippen molar-refractivity contribution in [1.29, 1.82) is 0 Å². The average molecular weight is 360 g/mol. The van der Waals surface area contributed by atoms with Gasteiger partial charge in [0, 0.05) is 24.0 Å². The maximum Gasteiger partial charge on any atom is 0.226 e. The molecule has 0 spiro atoms. The maximum atomic E-state index is 13.6. The SMILES string of the molecule is O=C1CC(c2cc(F)cc(F)c2)c2cnn(-c3ccccc3Cl)c2N1. The Morgan fingerprint density at radius 2 is 1.88 bits per heavy atom. The highest BCUT2D eigenvalue weighted by atomic mass is 35.5. The van der Waals surface area contributed by atoms with Gasteiger partial charge in [-0.3, -0.25) is 4.79 Å². The molecule has 1 aliphatic heterocycles. The Balaban J connectivity index is 1.86. The average Bonchev–Trinajstić information content (AvgIpc) is 2.97. The molecule has 0 saturated carbocycles. The Hall–Kier alpha value is -2.73. The van der Waals surface area contributed by atoms with Crippen LogP contribution in [-0.2, 0) is 4.79 Å². The number of halogens is 3. The van der Waals surface area contributed by atoms with Crippen LogP contribution in [0.15, 0.2) is 48.7 Å². The quantitative estimate of drug-likeness (QED) is 0.742. The van der Waals surface area contributed by atoms with Gasteiger partial charge in [0.15, 0.2) is 0 Å². The number of fused-ring (bicyclic) bond motifs is 1. The van der Waals surface area contributed by atoms with Crippen molar-refractivity contribution >= 4 is 23.3 Å². The van der Waals surface area contributed by atoms with E-state index in [1.54, 1.807) is 30.5 Å². The van der Waals surface area contributed by atoms with Gasteiger partial charge in [0.05, 0.1) is 16.9 Å². The maximum absolute atomic E-state index is 13.6. The van der Waals surface area contributed by atoms with E-state index in [2.05, 4.69) is 10.4 Å². The second kappa shape index (κ2) is 5.97. The number of hydrogen-bond acceptors (Lipinski definition) is 2. The second-order valence-corrected chi connectivity index (χ2v) is 6.23. The molecule has 25 heavy (non-hydrogen) atoms. The molecule has 1 aliphatic rings. The summed E-state index contributed by atoms with van der Waals surface area (Å²) in [4.78, 5) is 12.2. The normalized spacial score (nSPS) is 16.4. The van der Waals surface area contributed by atoms with Crippen LogP contribution in [0.25, 0.3) is 5.69 Å². The summed E-state index contributed by atoms with van der Waals surface area (Å²) in [6.07, 6.45) is 1.68. The van der Waals surface area contributed by atoms with Gasteiger partial charge in [-0.15, -0.1) is 0 Å². The number of anilines is 1. The van der Waals surface area contributed by atoms with Crippen molar-refractivity contribution in [3.63, 3.8) is 0 Å². The predicted molar refractivity (Wildman–Crippen MR) is 90.0 cm³/mol. The molecule has 3 aromatic rings. The molecule has 1 unspecified atom stereocenters. The van der Waals surface area contributed by atoms with Crippen LogP contribution in [0.4, 0.5) is 14.6 Å². The van der Waals surface area contributed by atoms with E-state index >= 15 is 0 Å². The van der Waals surface area contributed by atoms with Crippen LogP contribution in [0.5, 0.6) is 0 Å². The van der Waals surface area contributed by atoms with Crippen molar-refractivity contribution in [3.8, 4) is 5.69 Å². The highest BCUT2D eigenvalue weighted by Crippen LogP contribution is 2.39. The van der Waals surface area contributed by atoms with Gasteiger partial charge in [-0.05, 0) is 29.8 Å². The molecule has 2 heterocycles. The molecule has 1 N–H and O–H groups in total. The summed E-state index contributed by atoms with van der Waals surface area (Å²) in [6.45, 7) is 0. The minimum Gasteiger partial charge on any atom is -0.310 e. The molecule has 1 amide bonds. The van der Waals surface area contributed by atoms with Crippen LogP contribution >= 0.6 is 11.6 Å². The van der Waals surface area contributed by atoms with Crippen LogP contribution in [-0.4, -0.2) is 15.7 Å². The van der Waals surface area contributed by atoms with E-state index in [1.807, 2.05) is 0 Å². The molecule has 0 bridgehead atoms. The molecule has 0 fully saturated rings. The number of rotatable bonds is 2. The predicted octanol–water partition coefficient (Wildman–Crippen LogP) is 4.28. The third-order valence-electron chi connectivity index (χ3n) is 4.19. The van der Waals surface area contributed by atoms with E-state index < -0.39 is 17.6 Å². The Kier molecular flexibility index (Phi) is 3.77. The first-order valence-electron chi connectivity index (χ1n) is 7.61. The molecule has 7 heteroatoms. The number of benzene rings is 2. The fourth-order valence-corrected chi connectivity index (χ4v) is 3.32. The summed E-state index contributed by atoms with van der Waals surface area (Å²) >= 11 is 6.22. The first-order chi connectivity index (χ1) is 12.0. The summed E-state index contributed by atoms with van der Waals surface area (Å²) in [5.41, 5.74) is 1.69. The number of carbonyl (C=O) groups is 1. The lowest BCUT2D eigenvalue weighted by atomic mass is 9.87. The van der Waals surface area contributed by atoms with Gasteiger partial charge in [-0.25, -0.2) is 13.5 Å². The van der Waals surface area contributed by atoms with Crippen molar-refractivity contribution in [1.82, 2.24) is 9.78 Å². The van der Waals surface area contributed by atoms with E-state index in [1.165, 1.54) is 16.8 Å². The van der Waals surface area contributed by atoms with Gasteiger partial charge >= 0.3 is 0 Å². The molecule has 1 atom stereocenters. The van der Waals surface area contributed by atoms with Crippen molar-refractivity contribution < 1.29 is 13.6 Å². The zero-order valence-corrected chi connectivity index (χ0v) is 13.6. The van der Waals surface area contributed by atoms with Gasteiger partial charge < -0.3 is 5.32 Å². The first-order valence-corrected chi connectivity index (χ1v) is 7.99. The third kappa shape index (κ3) is 2.78. The number of nitrogens with zero attached hydrogens (tertiary/aromatic N) is 2. The Morgan fingerprint density at radius 3 is 2.60 bits per heavy atom. The van der Waals surface area contributed by atoms with E-state index in [0.717, 1.165) is 6.07 Å². The number of aromatic nitrogens is 2. The van der Waals surface area contributed by atoms with E-state index in [0.29, 0.717) is 27.7 Å². The van der Waals surface area contributed by atoms with E-state index in [4.69, 9.17) is 11.6 Å². The molecule has 0 aliphatic carbocycles. The van der Waals surface area contributed by atoms with Crippen molar-refractivity contribution in [2.24, 2.45) is 0 Å². The number of nitrogens with one attached hydrogen (secondary N) is 1. The largest absolute Gasteiger partial charge is 0.310 e. The van der Waals surface area contributed by atoms with E-state index in [-0.39, 0.29) is 12.3 Å². The summed E-state index contributed by atoms with van der Waals surface area (Å²) in [6, 6.07) is 10.4. The smallest absolute Gasteiger partial charge is 0.226 e. The van der Waals surface area contributed by atoms with Crippen LogP contribution in [0, 0.1) is 11.6 Å². The number of para-hydroxylation sites is 1. The minimum absolute atomic E-state index is 0.0874. The van der Waals surface area contributed by atoms with Crippen molar-refractivity contribution in [3.05, 3.63) is 76.4 Å². The lowest BCUT2D eigenvalue weighted by Gasteiger charge is -2.24. The standard InChI is InChI=1S/C18H12ClF2N3O/c19-15-3-1-2-4-16(15)24-18-14(9-22-24)13(8-17(25)23-18)10-5-11(20)7-12(21)6-10/h1-7,9,13H,8H2,(H,23,25). The van der Waals surface area contributed by atoms with Crippen molar-refractivity contribution in [2.45, 2.75) is 12.3 Å². The lowest BCUT2D eigenvalue weighted by molar-refractivity contribution is -0.116. The van der Waals surface area contributed by atoms with Gasteiger partial charge in [0.2, 0.25) is 5.91 Å². The molecular formula is C18H12ClF2N3O. The number of amides is 1. The summed E-state index contributed by atoms with van der Waals surface area (Å²) in [7, 11) is 0. The fourth-order valence-electron chi connectivity index (χ4n) is 3.10. The zero-order chi connectivity index (χ0) is 17.6. The molecular weight excluding hydrogens is 348 g/mol. The van der Waals surface area contributed by atoms with Crippen LogP contribution in [0.2, 0.25) is 5.02 Å². The third-order valence-corrected chi connectivity index (χ3v) is 4.51. The molecule has 2 aromatic carbocycles. The van der Waals surface area contributed by atoms with Crippen LogP contribution in [0.3, 0.4) is 0 Å². The summed E-state index contributed by atoms with van der Waals surface area (Å²) in [5, 5.41) is 7.57. The molecule has 0 saturated heterocycles. The van der Waals surface area contributed by atoms with Gasteiger partial charge in [0.1, 0.15) is 17.5 Å². The second-order valence-electron chi connectivity index (χ2n) is 5.82. The van der Waals surface area contributed by atoms with Crippen LogP contribution in [0.1, 0.15) is 23.5 Å². The summed E-state index contributed by atoms with van der Waals surface area (Å²) in [5.74, 6) is -1.64. The van der Waals surface area contributed by atoms with Crippen molar-refractivity contribution in [2.75, 3.05) is 5.32 Å². The van der Waals surface area contributed by atoms with Gasteiger partial charge in [0.25, 0.3) is 0 Å². The molecule has 4 nitrogen and oxygen atoms in total. The molecule has 4 rings (SSSR count). The minimum atomic E-state index is -0.680. The zero-order valence-electron chi connectivity index (χ0n) is 12.8. The summed E-state index contributed by atoms with van der Waals surface area (Å²) < 4.78 is 28.7. The highest BCUT2D eigenvalue weighted by molar-refractivity contribution is 6.32. The first kappa shape index (κ1) is 15.8. The Bertz CT molecular complexity index is 966. The fraction of sp³-hybridized carbons (Fsp3) is 0.111. The molecule has 1 aromatic heterocycles. The Labute approximate surface area is 147 Å². The number of carbonyl (C=O) groups excluding carboxylic acids is 1. The lowest BCUT2D eigenvalue weighted by Crippen LogP contribution is -2.24. The number of hydrogen-bond donors (Lipinski definition) is 1. The van der Waals surface area contributed by atoms with E-state index in [9.17, 15) is 13.6 Å². The van der Waals surface area contributed by atoms with Crippen LogP contribution < -0.4 is 5.32 Å². The molecule has 126 valence electrons. The molecule has 0 radical (unpaired) electrons. The topological polar surface area (TPSA) is 46.9 Å². The van der Waals surface area contributed by atoms with Gasteiger partial charge in [-0.1, -0.05) is 23.7 Å². The highest BCUT2D eigenvalue weighted by Gasteiger charge is 2.31.